The minimum Gasteiger partial charge on any atom is -0.459 e. The normalized spacial score (nSPS) is 10.8. The number of thioether (sulfide) groups is 1. The Morgan fingerprint density at radius 2 is 2.13 bits per heavy atom. The lowest BCUT2D eigenvalue weighted by molar-refractivity contribution is -0.119. The molecule has 0 spiro atoms. The zero-order valence-corrected chi connectivity index (χ0v) is 18.4. The summed E-state index contributed by atoms with van der Waals surface area (Å²) in [7, 11) is 0. The second kappa shape index (κ2) is 9.33. The lowest BCUT2D eigenvalue weighted by Crippen LogP contribution is -2.42. The molecule has 0 atom stereocenters. The van der Waals surface area contributed by atoms with Gasteiger partial charge in [0.2, 0.25) is 5.91 Å². The number of carbonyl (C=O) groups is 2. The van der Waals surface area contributed by atoms with E-state index in [4.69, 9.17) is 4.42 Å². The van der Waals surface area contributed by atoms with Crippen molar-refractivity contribution in [2.75, 3.05) is 5.75 Å². The molecule has 8 nitrogen and oxygen atoms in total. The van der Waals surface area contributed by atoms with Crippen LogP contribution in [0.4, 0.5) is 0 Å². The molecule has 11 heteroatoms. The van der Waals surface area contributed by atoms with Crippen molar-refractivity contribution < 1.29 is 14.0 Å². The summed E-state index contributed by atoms with van der Waals surface area (Å²) < 4.78 is 6.46. The SMILES string of the molecule is C=CCn1c(SCC(=O)NNC(=O)c2ccco2)nc2scc(-c3cccs3)c2c1=O. The van der Waals surface area contributed by atoms with Crippen molar-refractivity contribution in [3.63, 3.8) is 0 Å². The summed E-state index contributed by atoms with van der Waals surface area (Å²) >= 11 is 4.06. The van der Waals surface area contributed by atoms with Crippen molar-refractivity contribution in [3.05, 3.63) is 70.1 Å². The summed E-state index contributed by atoms with van der Waals surface area (Å²) in [6.07, 6.45) is 2.97. The predicted molar refractivity (Wildman–Crippen MR) is 122 cm³/mol. The molecule has 0 radical (unpaired) electrons. The van der Waals surface area contributed by atoms with Gasteiger partial charge in [0.25, 0.3) is 5.56 Å². The van der Waals surface area contributed by atoms with Crippen LogP contribution in [-0.2, 0) is 11.3 Å². The molecule has 0 aliphatic carbocycles. The highest BCUT2D eigenvalue weighted by Gasteiger charge is 2.18. The van der Waals surface area contributed by atoms with E-state index >= 15 is 0 Å². The topological polar surface area (TPSA) is 106 Å². The molecule has 4 heterocycles. The standard InChI is InChI=1S/C20H16N4O4S3/c1-2-7-24-19(27)16-12(14-6-4-9-29-14)10-30-18(16)21-20(24)31-11-15(25)22-23-17(26)13-5-3-8-28-13/h2-6,8-10H,1,7,11H2,(H,22,25)(H,23,26). The van der Waals surface area contributed by atoms with E-state index in [0.717, 1.165) is 22.2 Å². The van der Waals surface area contributed by atoms with Gasteiger partial charge in [-0.05, 0) is 23.6 Å². The maximum Gasteiger partial charge on any atom is 0.305 e. The molecular formula is C20H16N4O4S3. The van der Waals surface area contributed by atoms with Gasteiger partial charge in [-0.25, -0.2) is 4.98 Å². The van der Waals surface area contributed by atoms with Crippen molar-refractivity contribution in [1.82, 2.24) is 20.4 Å². The van der Waals surface area contributed by atoms with Gasteiger partial charge in [-0.2, -0.15) is 0 Å². The number of hydrogen-bond acceptors (Lipinski definition) is 8. The Hall–Kier alpha value is -3.15. The third-order valence-corrected chi connectivity index (χ3v) is 6.90. The van der Waals surface area contributed by atoms with Crippen LogP contribution in [0.3, 0.4) is 0 Å². The number of hydrogen-bond donors (Lipinski definition) is 2. The van der Waals surface area contributed by atoms with Crippen LogP contribution in [0, 0.1) is 0 Å². The first-order valence-corrected chi connectivity index (χ1v) is 11.7. The Balaban J connectivity index is 1.52. The minimum atomic E-state index is -0.564. The van der Waals surface area contributed by atoms with E-state index in [1.54, 1.807) is 23.5 Å². The molecule has 4 aromatic heterocycles. The second-order valence-corrected chi connectivity index (χ2v) is 8.92. The van der Waals surface area contributed by atoms with Crippen LogP contribution in [0.1, 0.15) is 10.6 Å². The van der Waals surface area contributed by atoms with Crippen molar-refractivity contribution in [2.24, 2.45) is 0 Å². The van der Waals surface area contributed by atoms with E-state index in [2.05, 4.69) is 22.4 Å². The van der Waals surface area contributed by atoms with Crippen LogP contribution in [0.5, 0.6) is 0 Å². The highest BCUT2D eigenvalue weighted by Crippen LogP contribution is 2.34. The Bertz CT molecular complexity index is 1290. The number of nitrogens with zero attached hydrogens (tertiary/aromatic N) is 2. The summed E-state index contributed by atoms with van der Waals surface area (Å²) in [6, 6.07) is 6.96. The van der Waals surface area contributed by atoms with Crippen molar-refractivity contribution >= 4 is 56.5 Å². The fourth-order valence-corrected chi connectivity index (χ4v) is 5.39. The van der Waals surface area contributed by atoms with E-state index in [-0.39, 0.29) is 23.6 Å². The van der Waals surface area contributed by atoms with Crippen LogP contribution in [0.25, 0.3) is 20.7 Å². The van der Waals surface area contributed by atoms with Crippen LogP contribution in [0.15, 0.2) is 68.3 Å². The quantitative estimate of drug-likeness (QED) is 0.185. The number of thiophene rings is 2. The summed E-state index contributed by atoms with van der Waals surface area (Å²) in [5.41, 5.74) is 5.27. The lowest BCUT2D eigenvalue weighted by Gasteiger charge is -2.11. The van der Waals surface area contributed by atoms with Crippen LogP contribution in [0.2, 0.25) is 0 Å². The van der Waals surface area contributed by atoms with E-state index in [9.17, 15) is 14.4 Å². The van der Waals surface area contributed by atoms with Crippen LogP contribution < -0.4 is 16.4 Å². The first-order chi connectivity index (χ1) is 15.1. The molecule has 2 N–H and O–H groups in total. The molecule has 158 valence electrons. The van der Waals surface area contributed by atoms with Gasteiger partial charge in [0.1, 0.15) is 4.83 Å². The monoisotopic (exact) mass is 472 g/mol. The highest BCUT2D eigenvalue weighted by molar-refractivity contribution is 7.99. The van der Waals surface area contributed by atoms with Gasteiger partial charge in [0.05, 0.1) is 17.4 Å². The molecule has 0 saturated carbocycles. The number of nitrogens with one attached hydrogen (secondary N) is 2. The summed E-state index contributed by atoms with van der Waals surface area (Å²) in [5, 5.41) is 4.86. The van der Waals surface area contributed by atoms with Gasteiger partial charge in [0.15, 0.2) is 10.9 Å². The Kier molecular flexibility index (Phi) is 6.35. The molecule has 2 amide bonds. The van der Waals surface area contributed by atoms with E-state index in [1.807, 2.05) is 22.9 Å². The number of amides is 2. The lowest BCUT2D eigenvalue weighted by atomic mass is 10.2. The molecular weight excluding hydrogens is 456 g/mol. The van der Waals surface area contributed by atoms with E-state index < -0.39 is 11.8 Å². The number of aromatic nitrogens is 2. The average Bonchev–Trinajstić information content (AvgIpc) is 3.53. The van der Waals surface area contributed by atoms with Gasteiger partial charge < -0.3 is 4.42 Å². The van der Waals surface area contributed by atoms with Gasteiger partial charge in [-0.15, -0.1) is 29.3 Å². The molecule has 4 aromatic rings. The number of hydrazine groups is 1. The highest BCUT2D eigenvalue weighted by atomic mass is 32.2. The molecule has 0 aromatic carbocycles. The largest absolute Gasteiger partial charge is 0.459 e. The summed E-state index contributed by atoms with van der Waals surface area (Å²) in [4.78, 5) is 43.4. The second-order valence-electron chi connectivity index (χ2n) is 6.17. The van der Waals surface area contributed by atoms with Crippen LogP contribution in [-0.4, -0.2) is 27.1 Å². The first-order valence-electron chi connectivity index (χ1n) is 9.00. The number of furan rings is 1. The van der Waals surface area contributed by atoms with Crippen LogP contribution >= 0.6 is 34.4 Å². The Labute approximate surface area is 188 Å². The summed E-state index contributed by atoms with van der Waals surface area (Å²) in [6.45, 7) is 3.98. The first kappa shape index (κ1) is 21.1. The van der Waals surface area contributed by atoms with Crippen molar-refractivity contribution in [1.29, 1.82) is 0 Å². The molecule has 0 bridgehead atoms. The predicted octanol–water partition coefficient (Wildman–Crippen LogP) is 3.52. The molecule has 31 heavy (non-hydrogen) atoms. The number of fused-ring (bicyclic) bond motifs is 1. The molecule has 0 unspecified atom stereocenters. The molecule has 4 rings (SSSR count). The smallest absolute Gasteiger partial charge is 0.305 e. The minimum absolute atomic E-state index is 0.0450. The maximum atomic E-state index is 13.2. The number of rotatable bonds is 7. The van der Waals surface area contributed by atoms with Gasteiger partial charge in [-0.3, -0.25) is 29.8 Å². The van der Waals surface area contributed by atoms with E-state index in [0.29, 0.717) is 15.4 Å². The third kappa shape index (κ3) is 4.48. The van der Waals surface area contributed by atoms with Crippen molar-refractivity contribution in [3.8, 4) is 10.4 Å². The number of allylic oxidation sites excluding steroid dienone is 1. The number of carbonyl (C=O) groups excluding carboxylic acids is 2. The zero-order chi connectivity index (χ0) is 21.8. The molecule has 0 saturated heterocycles. The van der Waals surface area contributed by atoms with Gasteiger partial charge in [0, 0.05) is 22.4 Å². The van der Waals surface area contributed by atoms with Gasteiger partial charge >= 0.3 is 5.91 Å². The van der Waals surface area contributed by atoms with Crippen molar-refractivity contribution in [2.45, 2.75) is 11.7 Å². The Morgan fingerprint density at radius 3 is 2.84 bits per heavy atom. The Morgan fingerprint density at radius 1 is 1.26 bits per heavy atom. The molecule has 0 aliphatic heterocycles. The summed E-state index contributed by atoms with van der Waals surface area (Å²) in [5.74, 6) is -0.975. The zero-order valence-electron chi connectivity index (χ0n) is 16.0. The average molecular weight is 473 g/mol. The molecule has 0 fully saturated rings. The van der Waals surface area contributed by atoms with E-state index in [1.165, 1.54) is 28.2 Å². The van der Waals surface area contributed by atoms with Gasteiger partial charge in [-0.1, -0.05) is 23.9 Å². The molecule has 0 aliphatic rings. The third-order valence-electron chi connectivity index (χ3n) is 4.15. The fourth-order valence-electron chi connectivity index (χ4n) is 2.78. The maximum absolute atomic E-state index is 13.2. The fraction of sp³-hybridized carbons (Fsp3) is 0.100.